The average Bonchev–Trinajstić information content (AvgIpc) is 2.95. The summed E-state index contributed by atoms with van der Waals surface area (Å²) in [6.07, 6.45) is -0.363. The van der Waals surface area contributed by atoms with Crippen LogP contribution in [-0.4, -0.2) is 49.6 Å². The molecule has 3 aromatic carbocycles. The van der Waals surface area contributed by atoms with Gasteiger partial charge in [0.05, 0.1) is 7.11 Å². The minimum atomic E-state index is -1.00. The number of rotatable bonds is 12. The standard InChI is InChI=1S/C29H31N3O6/c1-37-28(35)25(18-22-13-7-3-8-14-22)32-27(34)24(17-21-11-5-2-6-12-21)31-26(33)19-30-29(36)38-20-23-15-9-4-10-16-23/h2-16,24-25H,17-20H2,1H3,(H,30,36)(H,31,33)(H,32,34). The number of esters is 1. The molecule has 9 heteroatoms. The Hall–Kier alpha value is -4.66. The van der Waals surface area contributed by atoms with E-state index in [0.29, 0.717) is 0 Å². The van der Waals surface area contributed by atoms with E-state index in [1.807, 2.05) is 91.0 Å². The predicted molar refractivity (Wildman–Crippen MR) is 141 cm³/mol. The first-order valence-electron chi connectivity index (χ1n) is 12.1. The molecule has 0 aliphatic heterocycles. The van der Waals surface area contributed by atoms with Crippen molar-refractivity contribution in [3.05, 3.63) is 108 Å². The van der Waals surface area contributed by atoms with Crippen LogP contribution in [-0.2, 0) is 43.3 Å². The Kier molecular flexibility index (Phi) is 10.9. The zero-order valence-electron chi connectivity index (χ0n) is 21.1. The highest BCUT2D eigenvalue weighted by Crippen LogP contribution is 2.08. The average molecular weight is 518 g/mol. The van der Waals surface area contributed by atoms with Gasteiger partial charge in [-0.25, -0.2) is 9.59 Å². The molecule has 0 aromatic heterocycles. The number of benzene rings is 3. The molecule has 198 valence electrons. The fraction of sp³-hybridized carbons (Fsp3) is 0.241. The third-order valence-corrected chi connectivity index (χ3v) is 5.63. The van der Waals surface area contributed by atoms with Crippen molar-refractivity contribution in [2.75, 3.05) is 13.7 Å². The Bertz CT molecular complexity index is 1190. The summed E-state index contributed by atoms with van der Waals surface area (Å²) < 4.78 is 10.00. The van der Waals surface area contributed by atoms with Crippen LogP contribution in [0.25, 0.3) is 0 Å². The van der Waals surface area contributed by atoms with Crippen LogP contribution >= 0.6 is 0 Å². The highest BCUT2D eigenvalue weighted by Gasteiger charge is 2.28. The van der Waals surface area contributed by atoms with Crippen molar-refractivity contribution in [1.82, 2.24) is 16.0 Å². The van der Waals surface area contributed by atoms with E-state index in [1.54, 1.807) is 0 Å². The van der Waals surface area contributed by atoms with E-state index < -0.39 is 42.5 Å². The Labute approximate surface area is 221 Å². The molecular weight excluding hydrogens is 486 g/mol. The molecule has 0 saturated carbocycles. The Morgan fingerprint density at radius 3 is 1.71 bits per heavy atom. The van der Waals surface area contributed by atoms with Crippen molar-refractivity contribution in [2.24, 2.45) is 0 Å². The lowest BCUT2D eigenvalue weighted by molar-refractivity contribution is -0.145. The summed E-state index contributed by atoms with van der Waals surface area (Å²) >= 11 is 0. The largest absolute Gasteiger partial charge is 0.467 e. The van der Waals surface area contributed by atoms with Crippen LogP contribution in [0.3, 0.4) is 0 Å². The summed E-state index contributed by atoms with van der Waals surface area (Å²) in [5.74, 6) is -1.74. The van der Waals surface area contributed by atoms with Crippen LogP contribution in [0.2, 0.25) is 0 Å². The summed E-state index contributed by atoms with van der Waals surface area (Å²) in [7, 11) is 1.25. The summed E-state index contributed by atoms with van der Waals surface area (Å²) in [6.45, 7) is -0.333. The summed E-state index contributed by atoms with van der Waals surface area (Å²) in [6, 6.07) is 25.5. The fourth-order valence-electron chi connectivity index (χ4n) is 3.69. The molecule has 3 amide bonds. The molecule has 3 aromatic rings. The van der Waals surface area contributed by atoms with Crippen molar-refractivity contribution in [3.8, 4) is 0 Å². The lowest BCUT2D eigenvalue weighted by atomic mass is 10.0. The van der Waals surface area contributed by atoms with Gasteiger partial charge in [-0.1, -0.05) is 91.0 Å². The van der Waals surface area contributed by atoms with E-state index in [2.05, 4.69) is 16.0 Å². The van der Waals surface area contributed by atoms with E-state index in [1.165, 1.54) is 7.11 Å². The van der Waals surface area contributed by atoms with Crippen molar-refractivity contribution < 1.29 is 28.7 Å². The maximum Gasteiger partial charge on any atom is 0.407 e. The number of carbonyl (C=O) groups is 4. The highest BCUT2D eigenvalue weighted by atomic mass is 16.5. The molecular formula is C29H31N3O6. The van der Waals surface area contributed by atoms with Gasteiger partial charge in [0.15, 0.2) is 0 Å². The smallest absolute Gasteiger partial charge is 0.407 e. The van der Waals surface area contributed by atoms with E-state index >= 15 is 0 Å². The zero-order valence-corrected chi connectivity index (χ0v) is 21.1. The summed E-state index contributed by atoms with van der Waals surface area (Å²) in [5.41, 5.74) is 2.45. The lowest BCUT2D eigenvalue weighted by Crippen LogP contribution is -2.54. The second-order valence-electron chi connectivity index (χ2n) is 8.50. The molecule has 0 aliphatic carbocycles. The molecule has 3 rings (SSSR count). The number of ether oxygens (including phenoxy) is 2. The Morgan fingerprint density at radius 1 is 0.684 bits per heavy atom. The lowest BCUT2D eigenvalue weighted by Gasteiger charge is -2.22. The molecule has 0 heterocycles. The number of nitrogens with one attached hydrogen (secondary N) is 3. The third kappa shape index (κ3) is 9.42. The molecule has 0 aliphatic rings. The first kappa shape index (κ1) is 27.9. The number of alkyl carbamates (subject to hydrolysis) is 1. The van der Waals surface area contributed by atoms with Crippen LogP contribution in [0, 0.1) is 0 Å². The van der Waals surface area contributed by atoms with Crippen molar-refractivity contribution >= 4 is 23.9 Å². The molecule has 0 fully saturated rings. The molecule has 0 spiro atoms. The van der Waals surface area contributed by atoms with Gasteiger partial charge in [0.1, 0.15) is 25.2 Å². The van der Waals surface area contributed by atoms with Gasteiger partial charge >= 0.3 is 12.1 Å². The second kappa shape index (κ2) is 14.8. The van der Waals surface area contributed by atoms with Gasteiger partial charge in [-0.15, -0.1) is 0 Å². The molecule has 0 bridgehead atoms. The predicted octanol–water partition coefficient (Wildman–Crippen LogP) is 2.54. The topological polar surface area (TPSA) is 123 Å². The van der Waals surface area contributed by atoms with Gasteiger partial charge < -0.3 is 25.4 Å². The van der Waals surface area contributed by atoms with Crippen molar-refractivity contribution in [2.45, 2.75) is 31.5 Å². The number of carbonyl (C=O) groups excluding carboxylic acids is 4. The van der Waals surface area contributed by atoms with Crippen LogP contribution in [0.5, 0.6) is 0 Å². The molecule has 9 nitrogen and oxygen atoms in total. The van der Waals surface area contributed by atoms with Crippen molar-refractivity contribution in [3.63, 3.8) is 0 Å². The molecule has 0 saturated heterocycles. The first-order chi connectivity index (χ1) is 18.4. The van der Waals surface area contributed by atoms with Gasteiger partial charge in [-0.05, 0) is 16.7 Å². The van der Waals surface area contributed by atoms with Gasteiger partial charge in [-0.2, -0.15) is 0 Å². The van der Waals surface area contributed by atoms with Gasteiger partial charge in [0.2, 0.25) is 11.8 Å². The highest BCUT2D eigenvalue weighted by molar-refractivity contribution is 5.92. The Balaban J connectivity index is 1.61. The Morgan fingerprint density at radius 2 is 1.18 bits per heavy atom. The molecule has 2 atom stereocenters. The van der Waals surface area contributed by atoms with E-state index in [-0.39, 0.29) is 19.4 Å². The quantitative estimate of drug-likeness (QED) is 0.318. The number of methoxy groups -OCH3 is 1. The SMILES string of the molecule is COC(=O)C(Cc1ccccc1)NC(=O)C(Cc1ccccc1)NC(=O)CNC(=O)OCc1ccccc1. The van der Waals surface area contributed by atoms with Crippen molar-refractivity contribution in [1.29, 1.82) is 0 Å². The molecule has 38 heavy (non-hydrogen) atoms. The van der Waals surface area contributed by atoms with Crippen LogP contribution in [0.15, 0.2) is 91.0 Å². The maximum atomic E-state index is 13.3. The normalized spacial score (nSPS) is 11.9. The number of hydrogen-bond donors (Lipinski definition) is 3. The summed E-state index contributed by atoms with van der Waals surface area (Å²) in [4.78, 5) is 50.3. The van der Waals surface area contributed by atoms with E-state index in [9.17, 15) is 19.2 Å². The monoisotopic (exact) mass is 517 g/mol. The minimum Gasteiger partial charge on any atom is -0.467 e. The van der Waals surface area contributed by atoms with Gasteiger partial charge in [-0.3, -0.25) is 9.59 Å². The zero-order chi connectivity index (χ0) is 27.2. The van der Waals surface area contributed by atoms with E-state index in [4.69, 9.17) is 9.47 Å². The maximum absolute atomic E-state index is 13.3. The fourth-order valence-corrected chi connectivity index (χ4v) is 3.69. The summed E-state index contributed by atoms with van der Waals surface area (Å²) in [5, 5.41) is 7.73. The minimum absolute atomic E-state index is 0.0592. The molecule has 3 N–H and O–H groups in total. The first-order valence-corrected chi connectivity index (χ1v) is 12.1. The number of hydrogen-bond acceptors (Lipinski definition) is 6. The molecule has 2 unspecified atom stereocenters. The second-order valence-corrected chi connectivity index (χ2v) is 8.50. The van der Waals surface area contributed by atoms with Gasteiger partial charge in [0.25, 0.3) is 0 Å². The molecule has 0 radical (unpaired) electrons. The third-order valence-electron chi connectivity index (χ3n) is 5.63. The van der Waals surface area contributed by atoms with Crippen LogP contribution in [0.4, 0.5) is 4.79 Å². The van der Waals surface area contributed by atoms with Crippen LogP contribution in [0.1, 0.15) is 16.7 Å². The number of amides is 3. The van der Waals surface area contributed by atoms with Crippen LogP contribution < -0.4 is 16.0 Å². The van der Waals surface area contributed by atoms with E-state index in [0.717, 1.165) is 16.7 Å². The van der Waals surface area contributed by atoms with Gasteiger partial charge in [0, 0.05) is 12.8 Å².